The lowest BCUT2D eigenvalue weighted by atomic mass is 10.0. The standard InChI is InChI=1S/C10H14ClN3O3/c1-3-10(2,6-15)13-9-7(14(16)17)4-5-8(11)12-9/h4-5,15H,3,6H2,1-2H3,(H,12,13). The van der Waals surface area contributed by atoms with E-state index >= 15 is 0 Å². The van der Waals surface area contributed by atoms with Crippen LogP contribution >= 0.6 is 11.6 Å². The topological polar surface area (TPSA) is 88.3 Å². The fourth-order valence-electron chi connectivity index (χ4n) is 1.19. The molecule has 1 aromatic rings. The van der Waals surface area contributed by atoms with Crippen LogP contribution in [0, 0.1) is 10.1 Å². The Bertz CT molecular complexity index is 421. The molecule has 94 valence electrons. The zero-order valence-electron chi connectivity index (χ0n) is 9.61. The summed E-state index contributed by atoms with van der Waals surface area (Å²) >= 11 is 5.70. The maximum atomic E-state index is 10.8. The van der Waals surface area contributed by atoms with Gasteiger partial charge in [-0.15, -0.1) is 0 Å². The first-order chi connectivity index (χ1) is 7.91. The van der Waals surface area contributed by atoms with Gasteiger partial charge in [0, 0.05) is 6.07 Å². The highest BCUT2D eigenvalue weighted by molar-refractivity contribution is 6.29. The molecule has 1 atom stereocenters. The number of nitro groups is 1. The fourth-order valence-corrected chi connectivity index (χ4v) is 1.34. The third-order valence-electron chi connectivity index (χ3n) is 2.59. The summed E-state index contributed by atoms with van der Waals surface area (Å²) in [4.78, 5) is 14.1. The smallest absolute Gasteiger partial charge is 0.311 e. The van der Waals surface area contributed by atoms with Crippen molar-refractivity contribution >= 4 is 23.1 Å². The normalized spacial score (nSPS) is 14.1. The van der Waals surface area contributed by atoms with Crippen LogP contribution in [0.15, 0.2) is 12.1 Å². The molecule has 6 nitrogen and oxygen atoms in total. The molecule has 1 aromatic heterocycles. The number of nitrogens with zero attached hydrogens (tertiary/aromatic N) is 2. The van der Waals surface area contributed by atoms with E-state index in [1.165, 1.54) is 12.1 Å². The van der Waals surface area contributed by atoms with E-state index < -0.39 is 10.5 Å². The molecule has 0 fully saturated rings. The lowest BCUT2D eigenvalue weighted by molar-refractivity contribution is -0.384. The van der Waals surface area contributed by atoms with E-state index in [2.05, 4.69) is 10.3 Å². The molecule has 0 saturated carbocycles. The maximum Gasteiger partial charge on any atom is 0.311 e. The van der Waals surface area contributed by atoms with Crippen LogP contribution in [-0.4, -0.2) is 27.2 Å². The van der Waals surface area contributed by atoms with Crippen molar-refractivity contribution in [1.29, 1.82) is 0 Å². The van der Waals surface area contributed by atoms with Crippen molar-refractivity contribution < 1.29 is 10.0 Å². The predicted octanol–water partition coefficient (Wildman–Crippen LogP) is 2.22. The number of aliphatic hydroxyl groups is 1. The van der Waals surface area contributed by atoms with Gasteiger partial charge in [0.15, 0.2) is 0 Å². The highest BCUT2D eigenvalue weighted by Gasteiger charge is 2.26. The first-order valence-corrected chi connectivity index (χ1v) is 5.49. The molecule has 17 heavy (non-hydrogen) atoms. The number of anilines is 1. The van der Waals surface area contributed by atoms with Crippen molar-refractivity contribution in [2.75, 3.05) is 11.9 Å². The van der Waals surface area contributed by atoms with Crippen LogP contribution in [0.3, 0.4) is 0 Å². The predicted molar refractivity (Wildman–Crippen MR) is 65.3 cm³/mol. The van der Waals surface area contributed by atoms with Crippen LogP contribution in [0.25, 0.3) is 0 Å². The van der Waals surface area contributed by atoms with E-state index in [1.54, 1.807) is 6.92 Å². The van der Waals surface area contributed by atoms with Gasteiger partial charge in [-0.2, -0.15) is 0 Å². The first kappa shape index (κ1) is 13.7. The molecule has 7 heteroatoms. The zero-order valence-corrected chi connectivity index (χ0v) is 10.4. The summed E-state index contributed by atoms with van der Waals surface area (Å²) in [5, 5.41) is 23.1. The van der Waals surface area contributed by atoms with E-state index in [0.29, 0.717) is 6.42 Å². The SMILES string of the molecule is CCC(C)(CO)Nc1nc(Cl)ccc1[N+](=O)[O-]. The van der Waals surface area contributed by atoms with Gasteiger partial charge in [0.2, 0.25) is 5.82 Å². The Morgan fingerprint density at radius 3 is 2.76 bits per heavy atom. The molecule has 0 aliphatic carbocycles. The average molecular weight is 260 g/mol. The third-order valence-corrected chi connectivity index (χ3v) is 2.80. The summed E-state index contributed by atoms with van der Waals surface area (Å²) < 4.78 is 0. The Hall–Kier alpha value is -1.40. The van der Waals surface area contributed by atoms with Crippen LogP contribution in [-0.2, 0) is 0 Å². The molecule has 0 spiro atoms. The van der Waals surface area contributed by atoms with Gasteiger partial charge in [0.1, 0.15) is 5.15 Å². The molecule has 2 N–H and O–H groups in total. The Labute approximate surface area is 104 Å². The minimum atomic E-state index is -0.664. The van der Waals surface area contributed by atoms with Crippen LogP contribution in [0.5, 0.6) is 0 Å². The number of nitrogens with one attached hydrogen (secondary N) is 1. The average Bonchev–Trinajstić information content (AvgIpc) is 2.28. The van der Waals surface area contributed by atoms with Crippen molar-refractivity contribution in [3.8, 4) is 0 Å². The van der Waals surface area contributed by atoms with Gasteiger partial charge in [0.25, 0.3) is 0 Å². The van der Waals surface area contributed by atoms with Gasteiger partial charge in [-0.25, -0.2) is 4.98 Å². The summed E-state index contributed by atoms with van der Waals surface area (Å²) in [6.45, 7) is 3.45. The van der Waals surface area contributed by atoms with E-state index in [1.807, 2.05) is 6.92 Å². The number of pyridine rings is 1. The van der Waals surface area contributed by atoms with E-state index in [0.717, 1.165) is 0 Å². The lowest BCUT2D eigenvalue weighted by Gasteiger charge is -2.27. The van der Waals surface area contributed by atoms with Crippen LogP contribution in [0.1, 0.15) is 20.3 Å². The van der Waals surface area contributed by atoms with Gasteiger partial charge in [0.05, 0.1) is 17.1 Å². The molecule has 0 aliphatic heterocycles. The van der Waals surface area contributed by atoms with E-state index in [9.17, 15) is 15.2 Å². The van der Waals surface area contributed by atoms with E-state index in [4.69, 9.17) is 11.6 Å². The molecule has 1 heterocycles. The van der Waals surface area contributed by atoms with Crippen LogP contribution < -0.4 is 5.32 Å². The third kappa shape index (κ3) is 3.28. The molecule has 0 radical (unpaired) electrons. The molecule has 0 bridgehead atoms. The zero-order chi connectivity index (χ0) is 13.1. The van der Waals surface area contributed by atoms with Crippen molar-refractivity contribution in [2.24, 2.45) is 0 Å². The minimum absolute atomic E-state index is 0.0703. The number of halogens is 1. The number of aliphatic hydroxyl groups excluding tert-OH is 1. The van der Waals surface area contributed by atoms with Gasteiger partial charge in [-0.1, -0.05) is 18.5 Å². The highest BCUT2D eigenvalue weighted by Crippen LogP contribution is 2.27. The van der Waals surface area contributed by atoms with Gasteiger partial charge < -0.3 is 10.4 Å². The molecule has 1 rings (SSSR count). The van der Waals surface area contributed by atoms with Crippen molar-refractivity contribution in [3.05, 3.63) is 27.4 Å². The minimum Gasteiger partial charge on any atom is -0.394 e. The Morgan fingerprint density at radius 1 is 1.65 bits per heavy atom. The Kier molecular flexibility index (Phi) is 4.25. The van der Waals surface area contributed by atoms with Gasteiger partial charge in [-0.3, -0.25) is 10.1 Å². The molecule has 0 saturated heterocycles. The molecule has 0 aromatic carbocycles. The monoisotopic (exact) mass is 259 g/mol. The number of hydrogen-bond acceptors (Lipinski definition) is 5. The highest BCUT2D eigenvalue weighted by atomic mass is 35.5. The Morgan fingerprint density at radius 2 is 2.29 bits per heavy atom. The second-order valence-corrected chi connectivity index (χ2v) is 4.34. The van der Waals surface area contributed by atoms with Crippen LogP contribution in [0.4, 0.5) is 11.5 Å². The fraction of sp³-hybridized carbons (Fsp3) is 0.500. The molecular weight excluding hydrogens is 246 g/mol. The largest absolute Gasteiger partial charge is 0.394 e. The van der Waals surface area contributed by atoms with Crippen molar-refractivity contribution in [1.82, 2.24) is 4.98 Å². The van der Waals surface area contributed by atoms with Gasteiger partial charge >= 0.3 is 5.69 Å². The maximum absolute atomic E-state index is 10.8. The van der Waals surface area contributed by atoms with Crippen molar-refractivity contribution in [2.45, 2.75) is 25.8 Å². The summed E-state index contributed by atoms with van der Waals surface area (Å²) in [6, 6.07) is 2.64. The summed E-state index contributed by atoms with van der Waals surface area (Å²) in [5.41, 5.74) is -0.829. The molecule has 0 aliphatic rings. The number of rotatable bonds is 5. The molecule has 0 amide bonds. The van der Waals surface area contributed by atoms with Gasteiger partial charge in [-0.05, 0) is 19.4 Å². The van der Waals surface area contributed by atoms with E-state index in [-0.39, 0.29) is 23.3 Å². The second-order valence-electron chi connectivity index (χ2n) is 3.96. The summed E-state index contributed by atoms with van der Waals surface area (Å²) in [6.07, 6.45) is 0.592. The second kappa shape index (κ2) is 5.29. The number of hydrogen-bond donors (Lipinski definition) is 2. The summed E-state index contributed by atoms with van der Waals surface area (Å²) in [7, 11) is 0. The molecular formula is C10H14ClN3O3. The first-order valence-electron chi connectivity index (χ1n) is 5.12. The quantitative estimate of drug-likeness (QED) is 0.481. The van der Waals surface area contributed by atoms with Crippen LogP contribution in [0.2, 0.25) is 5.15 Å². The number of aromatic nitrogens is 1. The molecule has 1 unspecified atom stereocenters. The Balaban J connectivity index is 3.12. The van der Waals surface area contributed by atoms with Crippen molar-refractivity contribution in [3.63, 3.8) is 0 Å². The summed E-state index contributed by atoms with van der Waals surface area (Å²) in [5.74, 6) is 0.0703. The lowest BCUT2D eigenvalue weighted by Crippen LogP contribution is -2.38.